The number of hydrogen-bond acceptors (Lipinski definition) is 1. The van der Waals surface area contributed by atoms with Crippen LogP contribution in [0.2, 0.25) is 10.0 Å². The van der Waals surface area contributed by atoms with Gasteiger partial charge in [-0.1, -0.05) is 66.0 Å². The summed E-state index contributed by atoms with van der Waals surface area (Å²) in [7, 11) is 0. The molecule has 0 aliphatic rings. The molecule has 0 saturated carbocycles. The normalized spacial score (nSPS) is 11.4. The van der Waals surface area contributed by atoms with Crippen molar-refractivity contribution in [2.45, 2.75) is 26.2 Å². The molecule has 2 rings (SSSR count). The third-order valence-corrected chi connectivity index (χ3v) is 4.61. The Hall–Kier alpha value is -1.03. The number of anilines is 1. The molecule has 0 unspecified atom stereocenters. The summed E-state index contributed by atoms with van der Waals surface area (Å²) in [5.41, 5.74) is 2.34. The number of carbonyl (C=O) groups is 1. The molecule has 116 valence electrons. The number of halogens is 3. The van der Waals surface area contributed by atoms with Crippen LogP contribution in [0.4, 0.5) is 5.69 Å². The largest absolute Gasteiger partial charge is 0.322 e. The van der Waals surface area contributed by atoms with Crippen LogP contribution in [0.25, 0.3) is 0 Å². The third kappa shape index (κ3) is 4.03. The molecule has 1 N–H and O–H groups in total. The molecule has 0 aliphatic heterocycles. The van der Waals surface area contributed by atoms with E-state index in [4.69, 9.17) is 23.2 Å². The number of rotatable bonds is 2. The zero-order valence-electron chi connectivity index (χ0n) is 12.5. The lowest BCUT2D eigenvalue weighted by Crippen LogP contribution is -2.15. The molecule has 0 saturated heterocycles. The van der Waals surface area contributed by atoms with Crippen molar-refractivity contribution in [3.8, 4) is 0 Å². The first kappa shape index (κ1) is 17.3. The molecule has 22 heavy (non-hydrogen) atoms. The molecule has 0 heterocycles. The van der Waals surface area contributed by atoms with E-state index in [0.717, 1.165) is 10.0 Å². The zero-order chi connectivity index (χ0) is 16.5. The lowest BCUT2D eigenvalue weighted by atomic mass is 9.86. The highest BCUT2D eigenvalue weighted by Crippen LogP contribution is 2.31. The van der Waals surface area contributed by atoms with Gasteiger partial charge in [-0.15, -0.1) is 0 Å². The summed E-state index contributed by atoms with van der Waals surface area (Å²) >= 11 is 15.4. The monoisotopic (exact) mass is 399 g/mol. The Morgan fingerprint density at radius 1 is 1.05 bits per heavy atom. The van der Waals surface area contributed by atoms with Gasteiger partial charge in [-0.2, -0.15) is 0 Å². The number of benzene rings is 2. The van der Waals surface area contributed by atoms with Crippen molar-refractivity contribution < 1.29 is 4.79 Å². The fraction of sp³-hybridized carbons (Fsp3) is 0.235. The van der Waals surface area contributed by atoms with Crippen molar-refractivity contribution in [2.75, 3.05) is 5.32 Å². The highest BCUT2D eigenvalue weighted by molar-refractivity contribution is 9.10. The van der Waals surface area contributed by atoms with Gasteiger partial charge in [0.05, 0.1) is 10.0 Å². The summed E-state index contributed by atoms with van der Waals surface area (Å²) in [4.78, 5) is 12.3. The Labute approximate surface area is 148 Å². The van der Waals surface area contributed by atoms with Gasteiger partial charge in [0.1, 0.15) is 0 Å². The van der Waals surface area contributed by atoms with Gasteiger partial charge in [-0.05, 0) is 41.3 Å². The molecule has 2 nitrogen and oxygen atoms in total. The first-order chi connectivity index (χ1) is 10.2. The number of carbonyl (C=O) groups excluding carboxylic acids is 1. The average molecular weight is 401 g/mol. The van der Waals surface area contributed by atoms with Crippen molar-refractivity contribution in [1.29, 1.82) is 0 Å². The van der Waals surface area contributed by atoms with Gasteiger partial charge in [-0.3, -0.25) is 4.79 Å². The molecule has 0 fully saturated rings. The van der Waals surface area contributed by atoms with E-state index in [-0.39, 0.29) is 11.3 Å². The molecule has 2 aromatic rings. The number of nitrogens with one attached hydrogen (secondary N) is 1. The molecule has 1 amide bonds. The van der Waals surface area contributed by atoms with E-state index < -0.39 is 0 Å². The van der Waals surface area contributed by atoms with Gasteiger partial charge in [0.15, 0.2) is 0 Å². The van der Waals surface area contributed by atoms with Gasteiger partial charge < -0.3 is 5.32 Å². The van der Waals surface area contributed by atoms with E-state index in [0.29, 0.717) is 21.3 Å². The molecule has 0 aliphatic carbocycles. The van der Waals surface area contributed by atoms with Gasteiger partial charge in [0, 0.05) is 15.7 Å². The van der Waals surface area contributed by atoms with Crippen LogP contribution in [0.15, 0.2) is 40.9 Å². The molecular weight excluding hydrogens is 385 g/mol. The molecule has 0 bridgehead atoms. The van der Waals surface area contributed by atoms with E-state index in [9.17, 15) is 4.79 Å². The predicted molar refractivity (Wildman–Crippen MR) is 97.3 cm³/mol. The van der Waals surface area contributed by atoms with Crippen molar-refractivity contribution in [2.24, 2.45) is 0 Å². The second-order valence-corrected chi connectivity index (χ2v) is 7.70. The standard InChI is InChI=1S/C17H16BrCl2NO/c1-17(2,3)12-6-4-10(8-13(12)18)16(22)21-11-5-7-14(19)15(20)9-11/h4-9H,1-3H3,(H,21,22). The van der Waals surface area contributed by atoms with Gasteiger partial charge in [-0.25, -0.2) is 0 Å². The summed E-state index contributed by atoms with van der Waals surface area (Å²) in [5.74, 6) is -0.195. The Morgan fingerprint density at radius 3 is 2.27 bits per heavy atom. The van der Waals surface area contributed by atoms with Crippen molar-refractivity contribution in [3.63, 3.8) is 0 Å². The molecule has 0 radical (unpaired) electrons. The number of amides is 1. The maximum Gasteiger partial charge on any atom is 0.255 e. The molecule has 0 spiro atoms. The Bertz CT molecular complexity index is 723. The summed E-state index contributed by atoms with van der Waals surface area (Å²) < 4.78 is 0.918. The van der Waals surface area contributed by atoms with Gasteiger partial charge in [0.2, 0.25) is 0 Å². The smallest absolute Gasteiger partial charge is 0.255 e. The topological polar surface area (TPSA) is 29.1 Å². The van der Waals surface area contributed by atoms with Crippen molar-refractivity contribution >= 4 is 50.7 Å². The van der Waals surface area contributed by atoms with Gasteiger partial charge in [0.25, 0.3) is 5.91 Å². The van der Waals surface area contributed by atoms with E-state index in [1.54, 1.807) is 18.2 Å². The van der Waals surface area contributed by atoms with Crippen LogP contribution in [0, 0.1) is 0 Å². The second kappa shape index (κ2) is 6.61. The van der Waals surface area contributed by atoms with E-state index in [2.05, 4.69) is 42.0 Å². The third-order valence-electron chi connectivity index (χ3n) is 3.22. The van der Waals surface area contributed by atoms with Crippen LogP contribution < -0.4 is 5.32 Å². The molecule has 5 heteroatoms. The van der Waals surface area contributed by atoms with Crippen LogP contribution in [-0.2, 0) is 5.41 Å². The Balaban J connectivity index is 2.23. The van der Waals surface area contributed by atoms with Crippen LogP contribution >= 0.6 is 39.1 Å². The summed E-state index contributed by atoms with van der Waals surface area (Å²) in [6.07, 6.45) is 0. The van der Waals surface area contributed by atoms with E-state index in [1.807, 2.05) is 18.2 Å². The maximum atomic E-state index is 12.3. The molecule has 2 aromatic carbocycles. The highest BCUT2D eigenvalue weighted by Gasteiger charge is 2.18. The fourth-order valence-corrected chi connectivity index (χ4v) is 3.31. The average Bonchev–Trinajstić information content (AvgIpc) is 2.41. The summed E-state index contributed by atoms with van der Waals surface area (Å²) in [6, 6.07) is 10.6. The SMILES string of the molecule is CC(C)(C)c1ccc(C(=O)Nc2ccc(Cl)c(Cl)c2)cc1Br. The summed E-state index contributed by atoms with van der Waals surface area (Å²) in [6.45, 7) is 6.38. The number of hydrogen-bond donors (Lipinski definition) is 1. The zero-order valence-corrected chi connectivity index (χ0v) is 15.6. The van der Waals surface area contributed by atoms with Crippen molar-refractivity contribution in [1.82, 2.24) is 0 Å². The maximum absolute atomic E-state index is 12.3. The predicted octanol–water partition coefficient (Wildman–Crippen LogP) is 6.31. The lowest BCUT2D eigenvalue weighted by molar-refractivity contribution is 0.102. The minimum Gasteiger partial charge on any atom is -0.322 e. The minimum absolute atomic E-state index is 0.0115. The van der Waals surface area contributed by atoms with Crippen molar-refractivity contribution in [3.05, 3.63) is 62.0 Å². The van der Waals surface area contributed by atoms with Gasteiger partial charge >= 0.3 is 0 Å². The first-order valence-corrected chi connectivity index (χ1v) is 8.30. The quantitative estimate of drug-likeness (QED) is 0.628. The second-order valence-electron chi connectivity index (χ2n) is 6.03. The molecular formula is C17H16BrCl2NO. The van der Waals surface area contributed by atoms with Crippen LogP contribution in [0.1, 0.15) is 36.7 Å². The van der Waals surface area contributed by atoms with Crippen LogP contribution in [0.5, 0.6) is 0 Å². The first-order valence-electron chi connectivity index (χ1n) is 6.75. The molecule has 0 aromatic heterocycles. The summed E-state index contributed by atoms with van der Waals surface area (Å²) in [5, 5.41) is 3.67. The molecule has 0 atom stereocenters. The Kier molecular flexibility index (Phi) is 5.21. The minimum atomic E-state index is -0.195. The lowest BCUT2D eigenvalue weighted by Gasteiger charge is -2.21. The Morgan fingerprint density at radius 2 is 1.73 bits per heavy atom. The fourth-order valence-electron chi connectivity index (χ4n) is 2.04. The van der Waals surface area contributed by atoms with E-state index in [1.165, 1.54) is 0 Å². The highest BCUT2D eigenvalue weighted by atomic mass is 79.9. The van der Waals surface area contributed by atoms with Crippen LogP contribution in [0.3, 0.4) is 0 Å². The van der Waals surface area contributed by atoms with E-state index >= 15 is 0 Å². The van der Waals surface area contributed by atoms with Crippen LogP contribution in [-0.4, -0.2) is 5.91 Å².